The maximum atomic E-state index is 12.7. The van der Waals surface area contributed by atoms with Gasteiger partial charge >= 0.3 is 0 Å². The number of carbonyl (C=O) groups is 1. The Morgan fingerprint density at radius 2 is 2.11 bits per heavy atom. The summed E-state index contributed by atoms with van der Waals surface area (Å²) >= 11 is 0. The van der Waals surface area contributed by atoms with Crippen LogP contribution in [0.15, 0.2) is 0 Å². The second-order valence-electron chi connectivity index (χ2n) is 6.28. The topological polar surface area (TPSA) is 32.3 Å². The highest BCUT2D eigenvalue weighted by Crippen LogP contribution is 2.36. The molecular formula is C15H28N2O. The van der Waals surface area contributed by atoms with Crippen LogP contribution in [0.5, 0.6) is 0 Å². The van der Waals surface area contributed by atoms with Crippen molar-refractivity contribution in [3.63, 3.8) is 0 Å². The molecule has 1 N–H and O–H groups in total. The molecule has 3 unspecified atom stereocenters. The first-order chi connectivity index (χ1) is 8.53. The van der Waals surface area contributed by atoms with E-state index in [2.05, 4.69) is 37.9 Å². The molecule has 3 heteroatoms. The van der Waals surface area contributed by atoms with Gasteiger partial charge in [0.1, 0.15) is 0 Å². The molecule has 1 saturated heterocycles. The summed E-state index contributed by atoms with van der Waals surface area (Å²) in [5.41, 5.74) is -0.335. The number of nitrogens with zero attached hydrogens (tertiary/aromatic N) is 1. The van der Waals surface area contributed by atoms with Crippen molar-refractivity contribution in [2.45, 2.75) is 84.0 Å². The molecule has 0 spiro atoms. The van der Waals surface area contributed by atoms with E-state index in [4.69, 9.17) is 0 Å². The maximum Gasteiger partial charge on any atom is 0.244 e. The number of carbonyl (C=O) groups excluding carboxylic acids is 1. The summed E-state index contributed by atoms with van der Waals surface area (Å²) in [6.45, 7) is 8.60. The minimum Gasteiger partial charge on any atom is -0.323 e. The third-order valence-corrected chi connectivity index (χ3v) is 5.07. The largest absolute Gasteiger partial charge is 0.323 e. The van der Waals surface area contributed by atoms with E-state index in [-0.39, 0.29) is 11.7 Å². The van der Waals surface area contributed by atoms with Crippen molar-refractivity contribution in [2.24, 2.45) is 5.92 Å². The highest BCUT2D eigenvalue weighted by molar-refractivity contribution is 5.88. The van der Waals surface area contributed by atoms with Crippen molar-refractivity contribution >= 4 is 5.91 Å². The van der Waals surface area contributed by atoms with E-state index in [1.807, 2.05) is 0 Å². The predicted molar refractivity (Wildman–Crippen MR) is 74.2 cm³/mol. The van der Waals surface area contributed by atoms with Gasteiger partial charge in [0, 0.05) is 6.04 Å². The smallest absolute Gasteiger partial charge is 0.244 e. The first kappa shape index (κ1) is 13.9. The van der Waals surface area contributed by atoms with E-state index in [9.17, 15) is 4.79 Å². The fraction of sp³-hybridized carbons (Fsp3) is 0.933. The van der Waals surface area contributed by atoms with Gasteiger partial charge in [0.2, 0.25) is 5.91 Å². The lowest BCUT2D eigenvalue weighted by Gasteiger charge is -2.40. The van der Waals surface area contributed by atoms with Gasteiger partial charge in [-0.05, 0) is 45.4 Å². The van der Waals surface area contributed by atoms with Crippen molar-refractivity contribution < 1.29 is 4.79 Å². The summed E-state index contributed by atoms with van der Waals surface area (Å²) in [5.74, 6) is 1.05. The molecule has 3 atom stereocenters. The predicted octanol–water partition coefficient (Wildman–Crippen LogP) is 2.90. The lowest BCUT2D eigenvalue weighted by atomic mass is 9.79. The summed E-state index contributed by atoms with van der Waals surface area (Å²) < 4.78 is 0. The van der Waals surface area contributed by atoms with E-state index in [0.717, 1.165) is 25.2 Å². The van der Waals surface area contributed by atoms with Crippen LogP contribution in [0.3, 0.4) is 0 Å². The lowest BCUT2D eigenvalue weighted by Crippen LogP contribution is -2.48. The van der Waals surface area contributed by atoms with E-state index >= 15 is 0 Å². The Bertz CT molecular complexity index is 314. The van der Waals surface area contributed by atoms with Gasteiger partial charge in [0.05, 0.1) is 11.7 Å². The molecule has 104 valence electrons. The summed E-state index contributed by atoms with van der Waals surface area (Å²) in [6.07, 6.45) is 7.26. The summed E-state index contributed by atoms with van der Waals surface area (Å²) in [7, 11) is 0. The molecule has 18 heavy (non-hydrogen) atoms. The number of amides is 1. The standard InChI is InChI=1S/C15H28N2O/c1-5-8-13-16-15(4,6-2)14(18)17(13)11(3)12-9-7-10-12/h11-13,16H,5-10H2,1-4H3. The highest BCUT2D eigenvalue weighted by Gasteiger charge is 2.49. The molecule has 0 aromatic carbocycles. The molecule has 2 fully saturated rings. The Kier molecular flexibility index (Phi) is 4.00. The average Bonchev–Trinajstić information content (AvgIpc) is 2.50. The molecule has 0 radical (unpaired) electrons. The second-order valence-corrected chi connectivity index (χ2v) is 6.28. The fourth-order valence-corrected chi connectivity index (χ4v) is 3.28. The molecule has 2 aliphatic rings. The minimum atomic E-state index is -0.335. The van der Waals surface area contributed by atoms with Crippen LogP contribution in [0, 0.1) is 5.92 Å². The summed E-state index contributed by atoms with van der Waals surface area (Å²) in [4.78, 5) is 14.9. The van der Waals surface area contributed by atoms with Crippen LogP contribution in [-0.2, 0) is 4.79 Å². The highest BCUT2D eigenvalue weighted by atomic mass is 16.2. The molecule has 2 rings (SSSR count). The van der Waals surface area contributed by atoms with Gasteiger partial charge in [-0.2, -0.15) is 0 Å². The van der Waals surface area contributed by atoms with Gasteiger partial charge in [0.15, 0.2) is 0 Å². The molecule has 1 amide bonds. The van der Waals surface area contributed by atoms with Gasteiger partial charge in [-0.25, -0.2) is 0 Å². The van der Waals surface area contributed by atoms with Gasteiger partial charge < -0.3 is 4.90 Å². The second kappa shape index (κ2) is 5.20. The zero-order valence-electron chi connectivity index (χ0n) is 12.3. The van der Waals surface area contributed by atoms with E-state index in [0.29, 0.717) is 11.9 Å². The Morgan fingerprint density at radius 3 is 2.56 bits per heavy atom. The van der Waals surface area contributed by atoms with Gasteiger partial charge in [-0.1, -0.05) is 26.7 Å². The molecule has 0 bridgehead atoms. The Labute approximate surface area is 111 Å². The SMILES string of the molecule is CCCC1NC(C)(CC)C(=O)N1C(C)C1CCC1. The molecule has 1 aliphatic heterocycles. The monoisotopic (exact) mass is 252 g/mol. The van der Waals surface area contributed by atoms with Crippen LogP contribution in [-0.4, -0.2) is 28.6 Å². The van der Waals surface area contributed by atoms with E-state index in [1.54, 1.807) is 0 Å². The molecule has 1 heterocycles. The molecule has 0 aromatic rings. The molecule has 3 nitrogen and oxygen atoms in total. The molecule has 1 aliphatic carbocycles. The number of hydrogen-bond donors (Lipinski definition) is 1. The maximum absolute atomic E-state index is 12.7. The summed E-state index contributed by atoms with van der Waals surface area (Å²) in [5, 5.41) is 3.58. The van der Waals surface area contributed by atoms with Crippen LogP contribution < -0.4 is 5.32 Å². The van der Waals surface area contributed by atoms with Crippen molar-refractivity contribution in [2.75, 3.05) is 0 Å². The lowest BCUT2D eigenvalue weighted by molar-refractivity contribution is -0.136. The fourth-order valence-electron chi connectivity index (χ4n) is 3.28. The van der Waals surface area contributed by atoms with E-state index in [1.165, 1.54) is 19.3 Å². The van der Waals surface area contributed by atoms with E-state index < -0.39 is 0 Å². The Balaban J connectivity index is 2.15. The summed E-state index contributed by atoms with van der Waals surface area (Å²) in [6, 6.07) is 0.406. The van der Waals surface area contributed by atoms with Crippen LogP contribution in [0.4, 0.5) is 0 Å². The molecular weight excluding hydrogens is 224 g/mol. The zero-order valence-corrected chi connectivity index (χ0v) is 12.3. The number of hydrogen-bond acceptors (Lipinski definition) is 2. The van der Waals surface area contributed by atoms with Crippen LogP contribution in [0.25, 0.3) is 0 Å². The van der Waals surface area contributed by atoms with Crippen LogP contribution in [0.2, 0.25) is 0 Å². The first-order valence-corrected chi connectivity index (χ1v) is 7.64. The van der Waals surface area contributed by atoms with Gasteiger partial charge in [-0.3, -0.25) is 10.1 Å². The van der Waals surface area contributed by atoms with Gasteiger partial charge in [0.25, 0.3) is 0 Å². The van der Waals surface area contributed by atoms with Gasteiger partial charge in [-0.15, -0.1) is 0 Å². The Morgan fingerprint density at radius 1 is 1.44 bits per heavy atom. The Hall–Kier alpha value is -0.570. The van der Waals surface area contributed by atoms with Crippen LogP contribution >= 0.6 is 0 Å². The third kappa shape index (κ3) is 2.18. The molecule has 0 aromatic heterocycles. The van der Waals surface area contributed by atoms with Crippen molar-refractivity contribution in [3.05, 3.63) is 0 Å². The first-order valence-electron chi connectivity index (χ1n) is 7.64. The van der Waals surface area contributed by atoms with Crippen molar-refractivity contribution in [1.29, 1.82) is 0 Å². The number of nitrogens with one attached hydrogen (secondary N) is 1. The average molecular weight is 252 g/mol. The quantitative estimate of drug-likeness (QED) is 0.816. The van der Waals surface area contributed by atoms with Crippen LogP contribution in [0.1, 0.15) is 66.2 Å². The van der Waals surface area contributed by atoms with Crippen molar-refractivity contribution in [3.8, 4) is 0 Å². The molecule has 1 saturated carbocycles. The zero-order chi connectivity index (χ0) is 13.3. The van der Waals surface area contributed by atoms with Crippen molar-refractivity contribution in [1.82, 2.24) is 10.2 Å². The third-order valence-electron chi connectivity index (χ3n) is 5.07. The minimum absolute atomic E-state index is 0.253. The number of rotatable bonds is 5. The normalized spacial score (nSPS) is 34.8.